The van der Waals surface area contributed by atoms with Crippen LogP contribution >= 0.6 is 0 Å². The molecule has 0 bridgehead atoms. The summed E-state index contributed by atoms with van der Waals surface area (Å²) in [5.41, 5.74) is 1.09. The lowest BCUT2D eigenvalue weighted by Gasteiger charge is -2.19. The van der Waals surface area contributed by atoms with Gasteiger partial charge in [-0.25, -0.2) is 0 Å². The van der Waals surface area contributed by atoms with Crippen LogP contribution in [0, 0.1) is 0 Å². The number of ether oxygens (including phenoxy) is 1. The zero-order valence-corrected chi connectivity index (χ0v) is 13.5. The van der Waals surface area contributed by atoms with Crippen LogP contribution in [-0.2, 0) is 17.8 Å². The highest BCUT2D eigenvalue weighted by molar-refractivity contribution is 4.93. The highest BCUT2D eigenvalue weighted by Gasteiger charge is 2.10. The molecule has 1 aromatic rings. The molecule has 1 rings (SSSR count). The highest BCUT2D eigenvalue weighted by atomic mass is 16.5. The molecule has 0 aliphatic heterocycles. The second kappa shape index (κ2) is 8.34. The summed E-state index contributed by atoms with van der Waals surface area (Å²) < 4.78 is 6.96. The predicted octanol–water partition coefficient (Wildman–Crippen LogP) is 1.13. The molecule has 116 valence electrons. The van der Waals surface area contributed by atoms with E-state index < -0.39 is 0 Å². The average molecular weight is 283 g/mol. The van der Waals surface area contributed by atoms with Crippen LogP contribution in [-0.4, -0.2) is 59.3 Å². The molecular formula is C14H29N5O. The van der Waals surface area contributed by atoms with E-state index in [1.165, 1.54) is 0 Å². The van der Waals surface area contributed by atoms with Crippen molar-refractivity contribution in [3.8, 4) is 0 Å². The van der Waals surface area contributed by atoms with Crippen LogP contribution in [0.4, 0.5) is 0 Å². The summed E-state index contributed by atoms with van der Waals surface area (Å²) in [6.45, 7) is 10.9. The summed E-state index contributed by atoms with van der Waals surface area (Å²) in [5, 5.41) is 11.8. The van der Waals surface area contributed by atoms with Crippen LogP contribution in [0.5, 0.6) is 0 Å². The first-order chi connectivity index (χ1) is 9.40. The molecule has 20 heavy (non-hydrogen) atoms. The molecule has 0 unspecified atom stereocenters. The summed E-state index contributed by atoms with van der Waals surface area (Å²) in [5.74, 6) is 0. The van der Waals surface area contributed by atoms with Gasteiger partial charge in [0, 0.05) is 45.1 Å². The minimum absolute atomic E-state index is 0.103. The smallest absolute Gasteiger partial charge is 0.0965 e. The molecule has 0 aliphatic carbocycles. The standard InChI is InChI=1S/C14H29N5O/c1-14(2,3)15-11-13-12-19(17-16-13)9-8-18(4)7-6-10-20-5/h12,15H,6-11H2,1-5H3. The Balaban J connectivity index is 2.26. The van der Waals surface area contributed by atoms with E-state index in [2.05, 4.69) is 48.3 Å². The van der Waals surface area contributed by atoms with Crippen LogP contribution in [0.25, 0.3) is 0 Å². The van der Waals surface area contributed by atoms with Gasteiger partial charge in [0.1, 0.15) is 0 Å². The zero-order chi connectivity index (χ0) is 15.0. The molecule has 0 saturated heterocycles. The molecule has 0 aromatic carbocycles. The van der Waals surface area contributed by atoms with Crippen molar-refractivity contribution in [2.45, 2.75) is 45.8 Å². The van der Waals surface area contributed by atoms with Gasteiger partial charge in [0.25, 0.3) is 0 Å². The molecule has 0 radical (unpaired) electrons. The fourth-order valence-electron chi connectivity index (χ4n) is 1.75. The van der Waals surface area contributed by atoms with Crippen LogP contribution in [0.15, 0.2) is 6.20 Å². The van der Waals surface area contributed by atoms with E-state index >= 15 is 0 Å². The quantitative estimate of drug-likeness (QED) is 0.689. The van der Waals surface area contributed by atoms with Gasteiger partial charge >= 0.3 is 0 Å². The number of hydrogen-bond acceptors (Lipinski definition) is 5. The van der Waals surface area contributed by atoms with Crippen LogP contribution in [0.1, 0.15) is 32.9 Å². The van der Waals surface area contributed by atoms with Gasteiger partial charge in [-0.3, -0.25) is 4.68 Å². The number of aromatic nitrogens is 3. The number of methoxy groups -OCH3 is 1. The molecule has 1 heterocycles. The first-order valence-corrected chi connectivity index (χ1v) is 7.22. The number of rotatable bonds is 9. The van der Waals surface area contributed by atoms with Crippen molar-refractivity contribution in [3.63, 3.8) is 0 Å². The minimum Gasteiger partial charge on any atom is -0.385 e. The Hall–Kier alpha value is -0.980. The first-order valence-electron chi connectivity index (χ1n) is 7.22. The van der Waals surface area contributed by atoms with Crippen LogP contribution in [0.2, 0.25) is 0 Å². The monoisotopic (exact) mass is 283 g/mol. The van der Waals surface area contributed by atoms with E-state index in [4.69, 9.17) is 4.74 Å². The summed E-state index contributed by atoms with van der Waals surface area (Å²) in [6, 6.07) is 0. The molecule has 6 heteroatoms. The van der Waals surface area contributed by atoms with Crippen molar-refractivity contribution in [1.29, 1.82) is 0 Å². The van der Waals surface area contributed by atoms with Gasteiger partial charge in [-0.1, -0.05) is 5.21 Å². The molecule has 0 amide bonds. The van der Waals surface area contributed by atoms with E-state index in [0.717, 1.165) is 44.9 Å². The molecular weight excluding hydrogens is 254 g/mol. The summed E-state index contributed by atoms with van der Waals surface area (Å²) >= 11 is 0. The molecule has 0 spiro atoms. The van der Waals surface area contributed by atoms with Crippen LogP contribution in [0.3, 0.4) is 0 Å². The molecule has 6 nitrogen and oxygen atoms in total. The minimum atomic E-state index is 0.103. The van der Waals surface area contributed by atoms with Crippen molar-refractivity contribution >= 4 is 0 Å². The molecule has 0 aliphatic rings. The van der Waals surface area contributed by atoms with Crippen molar-refractivity contribution in [3.05, 3.63) is 11.9 Å². The third kappa shape index (κ3) is 7.57. The van der Waals surface area contributed by atoms with Gasteiger partial charge in [0.05, 0.1) is 12.2 Å². The summed E-state index contributed by atoms with van der Waals surface area (Å²) in [4.78, 5) is 2.29. The number of nitrogens with zero attached hydrogens (tertiary/aromatic N) is 4. The molecule has 1 aromatic heterocycles. The van der Waals surface area contributed by atoms with Gasteiger partial charge in [-0.2, -0.15) is 0 Å². The van der Waals surface area contributed by atoms with E-state index in [-0.39, 0.29) is 5.54 Å². The Morgan fingerprint density at radius 1 is 1.35 bits per heavy atom. The molecule has 0 fully saturated rings. The maximum atomic E-state index is 5.05. The SMILES string of the molecule is COCCCN(C)CCn1cc(CNC(C)(C)C)nn1. The lowest BCUT2D eigenvalue weighted by atomic mass is 10.1. The second-order valence-corrected chi connectivity index (χ2v) is 6.23. The lowest BCUT2D eigenvalue weighted by Crippen LogP contribution is -2.35. The van der Waals surface area contributed by atoms with Crippen molar-refractivity contribution in [2.75, 3.05) is 33.9 Å². The third-order valence-corrected chi connectivity index (χ3v) is 2.99. The van der Waals surface area contributed by atoms with Gasteiger partial charge < -0.3 is 15.0 Å². The van der Waals surface area contributed by atoms with Crippen LogP contribution < -0.4 is 5.32 Å². The number of likely N-dealkylation sites (N-methyl/N-ethyl adjacent to an activating group) is 1. The second-order valence-electron chi connectivity index (χ2n) is 6.23. The third-order valence-electron chi connectivity index (χ3n) is 2.99. The van der Waals surface area contributed by atoms with E-state index in [0.29, 0.717) is 0 Å². The molecule has 1 N–H and O–H groups in total. The Morgan fingerprint density at radius 2 is 2.10 bits per heavy atom. The Labute approximate surface area is 122 Å². The maximum absolute atomic E-state index is 5.05. The Kier molecular flexibility index (Phi) is 7.12. The van der Waals surface area contributed by atoms with E-state index in [1.54, 1.807) is 7.11 Å². The fraction of sp³-hybridized carbons (Fsp3) is 0.857. The topological polar surface area (TPSA) is 55.2 Å². The predicted molar refractivity (Wildman–Crippen MR) is 80.6 cm³/mol. The Morgan fingerprint density at radius 3 is 2.75 bits per heavy atom. The van der Waals surface area contributed by atoms with E-state index in [9.17, 15) is 0 Å². The zero-order valence-electron chi connectivity index (χ0n) is 13.5. The van der Waals surface area contributed by atoms with Crippen molar-refractivity contribution in [2.24, 2.45) is 0 Å². The lowest BCUT2D eigenvalue weighted by molar-refractivity contribution is 0.178. The van der Waals surface area contributed by atoms with Gasteiger partial charge in [-0.15, -0.1) is 5.10 Å². The number of hydrogen-bond donors (Lipinski definition) is 1. The molecule has 0 saturated carbocycles. The fourth-order valence-corrected chi connectivity index (χ4v) is 1.75. The number of nitrogens with one attached hydrogen (secondary N) is 1. The van der Waals surface area contributed by atoms with Gasteiger partial charge in [-0.05, 0) is 34.2 Å². The van der Waals surface area contributed by atoms with Crippen molar-refractivity contribution in [1.82, 2.24) is 25.2 Å². The normalized spacial score (nSPS) is 12.3. The largest absolute Gasteiger partial charge is 0.385 e. The van der Waals surface area contributed by atoms with E-state index in [1.807, 2.05) is 10.9 Å². The van der Waals surface area contributed by atoms with Gasteiger partial charge in [0.15, 0.2) is 0 Å². The van der Waals surface area contributed by atoms with Gasteiger partial charge in [0.2, 0.25) is 0 Å². The Bertz CT molecular complexity index is 372. The summed E-state index contributed by atoms with van der Waals surface area (Å²) in [7, 11) is 3.86. The highest BCUT2D eigenvalue weighted by Crippen LogP contribution is 2.01. The van der Waals surface area contributed by atoms with Crippen molar-refractivity contribution < 1.29 is 4.74 Å². The average Bonchev–Trinajstić information content (AvgIpc) is 2.81. The first kappa shape index (κ1) is 17.1. The molecule has 0 atom stereocenters. The summed E-state index contributed by atoms with van der Waals surface area (Å²) in [6.07, 6.45) is 3.08. The maximum Gasteiger partial charge on any atom is 0.0965 e.